The molecule has 0 aromatic heterocycles. The van der Waals surface area contributed by atoms with Crippen LogP contribution >= 0.6 is 0 Å². The Morgan fingerprint density at radius 2 is 1.69 bits per heavy atom. The maximum Gasteiger partial charge on any atom is 3.00 e. The Morgan fingerprint density at radius 1 is 1.23 bits per heavy atom. The molecule has 0 spiro atoms. The number of rotatable bonds is 0. The van der Waals surface area contributed by atoms with Crippen LogP contribution in [0.1, 0.15) is 34.1 Å². The zero-order valence-electron chi connectivity index (χ0n) is 8.54. The van der Waals surface area contributed by atoms with Crippen LogP contribution in [-0.4, -0.2) is 0 Å². The molecule has 3 heteroatoms. The minimum absolute atomic E-state index is 0. The molecule has 0 nitrogen and oxygen atoms in total. The fourth-order valence-electron chi connectivity index (χ4n) is 1.08. The van der Waals surface area contributed by atoms with E-state index in [4.69, 9.17) is 0 Å². The molecule has 0 aliphatic heterocycles. The Labute approximate surface area is 109 Å². The van der Waals surface area contributed by atoms with Gasteiger partial charge in [-0.05, 0) is 5.41 Å². The summed E-state index contributed by atoms with van der Waals surface area (Å²) in [4.78, 5) is 0. The molecule has 13 heavy (non-hydrogen) atoms. The zero-order chi connectivity index (χ0) is 7.78. The summed E-state index contributed by atoms with van der Waals surface area (Å²) in [7, 11) is 0. The Balaban J connectivity index is -0.000000333. The van der Waals surface area contributed by atoms with Gasteiger partial charge in [-0.1, -0.05) is 27.7 Å². The smallest absolute Gasteiger partial charge is 1.00 e. The molecule has 0 saturated carbocycles. The second kappa shape index (κ2) is 7.12. The van der Waals surface area contributed by atoms with Gasteiger partial charge in [0, 0.05) is 0 Å². The Morgan fingerprint density at radius 3 is 1.85 bits per heavy atom. The molecular formula is C10H15Cl2Ti. The summed E-state index contributed by atoms with van der Waals surface area (Å²) in [5, 5.41) is 0. The van der Waals surface area contributed by atoms with Crippen molar-refractivity contribution in [2.75, 3.05) is 0 Å². The molecule has 0 heterocycles. The van der Waals surface area contributed by atoms with Gasteiger partial charge in [-0.3, -0.25) is 6.08 Å². The summed E-state index contributed by atoms with van der Waals surface area (Å²) in [5.41, 5.74) is 3.14. The van der Waals surface area contributed by atoms with Crippen LogP contribution < -0.4 is 24.8 Å². The van der Waals surface area contributed by atoms with E-state index in [1.165, 1.54) is 11.1 Å². The summed E-state index contributed by atoms with van der Waals surface area (Å²) in [6.45, 7) is 8.86. The Kier molecular flexibility index (Phi) is 10.6. The van der Waals surface area contributed by atoms with Crippen molar-refractivity contribution in [3.8, 4) is 0 Å². The molecule has 0 aromatic rings. The molecule has 1 aliphatic carbocycles. The van der Waals surface area contributed by atoms with Gasteiger partial charge < -0.3 is 24.8 Å². The van der Waals surface area contributed by atoms with E-state index < -0.39 is 0 Å². The third-order valence-electron chi connectivity index (χ3n) is 1.91. The van der Waals surface area contributed by atoms with Crippen LogP contribution in [0.2, 0.25) is 0 Å². The maximum atomic E-state index is 3.30. The molecular weight excluding hydrogens is 239 g/mol. The van der Waals surface area contributed by atoms with Gasteiger partial charge in [-0.25, -0.2) is 11.6 Å². The van der Waals surface area contributed by atoms with Crippen LogP contribution in [0.25, 0.3) is 0 Å². The predicted molar refractivity (Wildman–Crippen MR) is 44.6 cm³/mol. The first kappa shape index (κ1) is 19.4. The number of hydrogen-bond acceptors (Lipinski definition) is 0. The third kappa shape index (κ3) is 5.96. The van der Waals surface area contributed by atoms with E-state index in [2.05, 4.69) is 39.8 Å². The van der Waals surface area contributed by atoms with Gasteiger partial charge >= 0.3 is 21.7 Å². The van der Waals surface area contributed by atoms with Gasteiger partial charge in [0.2, 0.25) is 0 Å². The van der Waals surface area contributed by atoms with Crippen molar-refractivity contribution >= 4 is 0 Å². The second-order valence-corrected chi connectivity index (χ2v) is 3.96. The molecule has 0 bridgehead atoms. The molecule has 0 fully saturated rings. The SMILES string of the molecule is CC1=[C-]CC(C(C)(C)C)=C1.[Cl-].[Cl-].[Ti+3]. The van der Waals surface area contributed by atoms with Crippen molar-refractivity contribution in [2.45, 2.75) is 34.1 Å². The molecule has 0 atom stereocenters. The molecule has 0 aromatic carbocycles. The van der Waals surface area contributed by atoms with Crippen molar-refractivity contribution in [1.82, 2.24) is 0 Å². The largest absolute Gasteiger partial charge is 3.00 e. The van der Waals surface area contributed by atoms with Crippen LogP contribution in [0.5, 0.6) is 0 Å². The first-order valence-electron chi connectivity index (χ1n) is 3.78. The standard InChI is InChI=1S/C10H15.2ClH.Ti/c1-8-5-6-9(7-8)10(2,3)4;;;/h7H,6H2,1-4H3;2*1H;/q-1;;;+3/p-2. The molecule has 0 amide bonds. The van der Waals surface area contributed by atoms with Crippen molar-refractivity contribution < 1.29 is 46.5 Å². The van der Waals surface area contributed by atoms with Crippen LogP contribution in [0.3, 0.4) is 0 Å². The van der Waals surface area contributed by atoms with E-state index in [0.717, 1.165) is 6.42 Å². The topological polar surface area (TPSA) is 0 Å². The monoisotopic (exact) mass is 253 g/mol. The molecule has 73 valence electrons. The van der Waals surface area contributed by atoms with Gasteiger partial charge in [0.25, 0.3) is 0 Å². The Bertz CT molecular complexity index is 199. The van der Waals surface area contributed by atoms with Crippen molar-refractivity contribution in [2.24, 2.45) is 5.41 Å². The molecule has 1 rings (SSSR count). The van der Waals surface area contributed by atoms with E-state index in [1.54, 1.807) is 0 Å². The minimum atomic E-state index is 0. The molecule has 0 N–H and O–H groups in total. The van der Waals surface area contributed by atoms with Crippen LogP contribution in [0.15, 0.2) is 17.2 Å². The zero-order valence-corrected chi connectivity index (χ0v) is 11.6. The summed E-state index contributed by atoms with van der Waals surface area (Å²) < 4.78 is 0. The average molecular weight is 254 g/mol. The van der Waals surface area contributed by atoms with E-state index in [0.29, 0.717) is 5.41 Å². The first-order chi connectivity index (χ1) is 4.50. The minimum Gasteiger partial charge on any atom is -1.00 e. The van der Waals surface area contributed by atoms with Gasteiger partial charge in [0.15, 0.2) is 0 Å². The van der Waals surface area contributed by atoms with E-state index in [-0.39, 0.29) is 46.5 Å². The molecule has 1 aliphatic rings. The van der Waals surface area contributed by atoms with Crippen molar-refractivity contribution in [3.63, 3.8) is 0 Å². The van der Waals surface area contributed by atoms with Gasteiger partial charge in [-0.15, -0.1) is 6.42 Å². The van der Waals surface area contributed by atoms with Crippen molar-refractivity contribution in [3.05, 3.63) is 23.3 Å². The predicted octanol–water partition coefficient (Wildman–Crippen LogP) is -2.88. The van der Waals surface area contributed by atoms with Gasteiger partial charge in [0.05, 0.1) is 0 Å². The van der Waals surface area contributed by atoms with Gasteiger partial charge in [0.1, 0.15) is 0 Å². The molecule has 1 radical (unpaired) electrons. The summed E-state index contributed by atoms with van der Waals surface area (Å²) in [6, 6.07) is 0. The van der Waals surface area contributed by atoms with E-state index >= 15 is 0 Å². The third-order valence-corrected chi connectivity index (χ3v) is 1.91. The van der Waals surface area contributed by atoms with Crippen LogP contribution in [-0.2, 0) is 21.7 Å². The van der Waals surface area contributed by atoms with Crippen molar-refractivity contribution in [1.29, 1.82) is 0 Å². The van der Waals surface area contributed by atoms with E-state index in [9.17, 15) is 0 Å². The number of allylic oxidation sites excluding steroid dienone is 4. The summed E-state index contributed by atoms with van der Waals surface area (Å²) >= 11 is 0. The normalized spacial score (nSPS) is 14.5. The van der Waals surface area contributed by atoms with Crippen LogP contribution in [0, 0.1) is 11.5 Å². The Hall–Kier alpha value is 0.774. The number of hydrogen-bond donors (Lipinski definition) is 0. The maximum absolute atomic E-state index is 3.30. The fraction of sp³-hybridized carbons (Fsp3) is 0.600. The van der Waals surface area contributed by atoms with Gasteiger partial charge in [-0.2, -0.15) is 5.57 Å². The first-order valence-corrected chi connectivity index (χ1v) is 3.78. The van der Waals surface area contributed by atoms with E-state index in [1.807, 2.05) is 0 Å². The fourth-order valence-corrected chi connectivity index (χ4v) is 1.08. The number of halogens is 2. The van der Waals surface area contributed by atoms with Crippen LogP contribution in [0.4, 0.5) is 0 Å². The quantitative estimate of drug-likeness (QED) is 0.322. The summed E-state index contributed by atoms with van der Waals surface area (Å²) in [5.74, 6) is 0. The molecule has 0 saturated heterocycles. The molecule has 0 unspecified atom stereocenters. The summed E-state index contributed by atoms with van der Waals surface area (Å²) in [6.07, 6.45) is 6.59. The average Bonchev–Trinajstić information content (AvgIpc) is 2.11. The second-order valence-electron chi connectivity index (χ2n) is 3.96.